The summed E-state index contributed by atoms with van der Waals surface area (Å²) < 4.78 is 11.0. The molecule has 2 heterocycles. The van der Waals surface area contributed by atoms with E-state index in [9.17, 15) is 9.90 Å². The number of carbonyl (C=O) groups is 1. The molecular formula is C14H16O4. The molecule has 4 nitrogen and oxygen atoms in total. The number of carboxylic acid groups (broad SMARTS) is 1. The predicted molar refractivity (Wildman–Crippen MR) is 64.8 cm³/mol. The molecule has 1 aromatic rings. The van der Waals surface area contributed by atoms with Gasteiger partial charge in [0.05, 0.1) is 25.2 Å². The fourth-order valence-electron chi connectivity index (χ4n) is 3.26. The van der Waals surface area contributed by atoms with E-state index in [0.29, 0.717) is 0 Å². The number of fused-ring (bicyclic) bond motifs is 2. The van der Waals surface area contributed by atoms with Crippen LogP contribution < -0.4 is 4.74 Å². The largest absolute Gasteiger partial charge is 0.497 e. The summed E-state index contributed by atoms with van der Waals surface area (Å²) >= 11 is 0. The molecule has 0 aromatic heterocycles. The summed E-state index contributed by atoms with van der Waals surface area (Å²) in [5, 5.41) is 9.38. The molecule has 0 radical (unpaired) electrons. The maximum absolute atomic E-state index is 11.4. The molecule has 2 fully saturated rings. The van der Waals surface area contributed by atoms with Crippen LogP contribution in [0.25, 0.3) is 0 Å². The zero-order valence-corrected chi connectivity index (χ0v) is 10.2. The summed E-state index contributed by atoms with van der Waals surface area (Å²) in [6, 6.07) is 7.66. The van der Waals surface area contributed by atoms with Crippen LogP contribution in [0.3, 0.4) is 0 Å². The third-order valence-corrected chi connectivity index (χ3v) is 4.04. The molecule has 3 rings (SSSR count). The highest BCUT2D eigenvalue weighted by Gasteiger charge is 2.52. The summed E-state index contributed by atoms with van der Waals surface area (Å²) in [6.45, 7) is 0. The van der Waals surface area contributed by atoms with Crippen molar-refractivity contribution in [2.45, 2.75) is 31.0 Å². The van der Waals surface area contributed by atoms with Gasteiger partial charge in [0.1, 0.15) is 5.75 Å². The Hall–Kier alpha value is -1.55. The number of carboxylic acids is 1. The molecule has 4 unspecified atom stereocenters. The SMILES string of the molecule is COc1cccc(C2C3CCC(O3)C2C(=O)O)c1. The van der Waals surface area contributed by atoms with Crippen LogP contribution >= 0.6 is 0 Å². The fourth-order valence-corrected chi connectivity index (χ4v) is 3.26. The first-order valence-corrected chi connectivity index (χ1v) is 6.23. The van der Waals surface area contributed by atoms with Gasteiger partial charge >= 0.3 is 5.97 Å². The first-order valence-electron chi connectivity index (χ1n) is 6.23. The highest BCUT2D eigenvalue weighted by Crippen LogP contribution is 2.49. The zero-order valence-electron chi connectivity index (χ0n) is 10.2. The Labute approximate surface area is 106 Å². The van der Waals surface area contributed by atoms with Crippen LogP contribution in [0.4, 0.5) is 0 Å². The molecule has 96 valence electrons. The van der Waals surface area contributed by atoms with Gasteiger partial charge < -0.3 is 14.6 Å². The summed E-state index contributed by atoms with van der Waals surface area (Å²) in [6.07, 6.45) is 1.74. The molecule has 4 atom stereocenters. The van der Waals surface area contributed by atoms with E-state index in [4.69, 9.17) is 9.47 Å². The topological polar surface area (TPSA) is 55.8 Å². The van der Waals surface area contributed by atoms with E-state index >= 15 is 0 Å². The predicted octanol–water partition coefficient (Wildman–Crippen LogP) is 2.04. The number of rotatable bonds is 3. The van der Waals surface area contributed by atoms with Gasteiger partial charge in [-0.05, 0) is 30.5 Å². The summed E-state index contributed by atoms with van der Waals surface area (Å²) in [5.74, 6) is -0.457. The van der Waals surface area contributed by atoms with Crippen molar-refractivity contribution in [3.8, 4) is 5.75 Å². The van der Waals surface area contributed by atoms with Crippen LogP contribution in [-0.4, -0.2) is 30.4 Å². The maximum Gasteiger partial charge on any atom is 0.309 e. The van der Waals surface area contributed by atoms with Crippen LogP contribution in [0, 0.1) is 5.92 Å². The fraction of sp³-hybridized carbons (Fsp3) is 0.500. The molecule has 0 saturated carbocycles. The van der Waals surface area contributed by atoms with Gasteiger partial charge in [0, 0.05) is 5.92 Å². The van der Waals surface area contributed by atoms with Gasteiger partial charge in [-0.1, -0.05) is 12.1 Å². The van der Waals surface area contributed by atoms with Crippen molar-refractivity contribution in [2.24, 2.45) is 5.92 Å². The van der Waals surface area contributed by atoms with Gasteiger partial charge in [0.25, 0.3) is 0 Å². The Morgan fingerprint density at radius 1 is 1.39 bits per heavy atom. The van der Waals surface area contributed by atoms with Crippen LogP contribution in [0.15, 0.2) is 24.3 Å². The second kappa shape index (κ2) is 4.28. The molecule has 0 spiro atoms. The minimum absolute atomic E-state index is 0.0446. The monoisotopic (exact) mass is 248 g/mol. The minimum atomic E-state index is -0.755. The van der Waals surface area contributed by atoms with E-state index in [1.807, 2.05) is 24.3 Å². The molecule has 4 heteroatoms. The van der Waals surface area contributed by atoms with Crippen molar-refractivity contribution < 1.29 is 19.4 Å². The Morgan fingerprint density at radius 3 is 2.89 bits per heavy atom. The van der Waals surface area contributed by atoms with Gasteiger partial charge in [-0.2, -0.15) is 0 Å². The number of hydrogen-bond donors (Lipinski definition) is 1. The minimum Gasteiger partial charge on any atom is -0.497 e. The van der Waals surface area contributed by atoms with E-state index in [0.717, 1.165) is 24.2 Å². The van der Waals surface area contributed by atoms with Crippen molar-refractivity contribution >= 4 is 5.97 Å². The third kappa shape index (κ3) is 1.68. The molecule has 2 aliphatic heterocycles. The Kier molecular flexibility index (Phi) is 2.74. The first-order chi connectivity index (χ1) is 8.70. The molecule has 1 aromatic carbocycles. The van der Waals surface area contributed by atoms with E-state index in [-0.39, 0.29) is 18.1 Å². The molecule has 2 bridgehead atoms. The van der Waals surface area contributed by atoms with E-state index in [1.165, 1.54) is 0 Å². The zero-order chi connectivity index (χ0) is 12.7. The number of benzene rings is 1. The number of ether oxygens (including phenoxy) is 2. The Morgan fingerprint density at radius 2 is 2.17 bits per heavy atom. The lowest BCUT2D eigenvalue weighted by Crippen LogP contribution is -2.31. The number of methoxy groups -OCH3 is 1. The molecular weight excluding hydrogens is 232 g/mol. The summed E-state index contributed by atoms with van der Waals surface area (Å²) in [4.78, 5) is 11.4. The van der Waals surface area contributed by atoms with Crippen LogP contribution in [-0.2, 0) is 9.53 Å². The number of aliphatic carboxylic acids is 1. The molecule has 2 aliphatic rings. The quantitative estimate of drug-likeness (QED) is 0.889. The third-order valence-electron chi connectivity index (χ3n) is 4.04. The Balaban J connectivity index is 1.96. The summed E-state index contributed by atoms with van der Waals surface area (Å²) in [5.41, 5.74) is 1.01. The second-order valence-electron chi connectivity index (χ2n) is 4.96. The summed E-state index contributed by atoms with van der Waals surface area (Å²) in [7, 11) is 1.62. The van der Waals surface area contributed by atoms with Gasteiger partial charge in [0.2, 0.25) is 0 Å². The molecule has 1 N–H and O–H groups in total. The van der Waals surface area contributed by atoms with Crippen molar-refractivity contribution in [2.75, 3.05) is 7.11 Å². The van der Waals surface area contributed by atoms with E-state index < -0.39 is 11.9 Å². The van der Waals surface area contributed by atoms with Crippen LogP contribution in [0.5, 0.6) is 5.75 Å². The average molecular weight is 248 g/mol. The highest BCUT2D eigenvalue weighted by atomic mass is 16.5. The first kappa shape index (κ1) is 11.5. The standard InChI is InChI=1S/C14H16O4/c1-17-9-4-2-3-8(7-9)12-10-5-6-11(18-10)13(12)14(15)16/h2-4,7,10-13H,5-6H2,1H3,(H,15,16). The lowest BCUT2D eigenvalue weighted by Gasteiger charge is -2.25. The normalized spacial score (nSPS) is 33.6. The van der Waals surface area contributed by atoms with E-state index in [2.05, 4.69) is 0 Å². The van der Waals surface area contributed by atoms with Gasteiger partial charge in [-0.3, -0.25) is 4.79 Å². The lowest BCUT2D eigenvalue weighted by atomic mass is 9.75. The van der Waals surface area contributed by atoms with Crippen molar-refractivity contribution in [1.29, 1.82) is 0 Å². The highest BCUT2D eigenvalue weighted by molar-refractivity contribution is 5.73. The van der Waals surface area contributed by atoms with Gasteiger partial charge in [0.15, 0.2) is 0 Å². The molecule has 0 aliphatic carbocycles. The van der Waals surface area contributed by atoms with Crippen molar-refractivity contribution in [3.05, 3.63) is 29.8 Å². The second-order valence-corrected chi connectivity index (χ2v) is 4.96. The lowest BCUT2D eigenvalue weighted by molar-refractivity contribution is -0.143. The van der Waals surface area contributed by atoms with Gasteiger partial charge in [-0.15, -0.1) is 0 Å². The number of hydrogen-bond acceptors (Lipinski definition) is 3. The van der Waals surface area contributed by atoms with Crippen molar-refractivity contribution in [1.82, 2.24) is 0 Å². The smallest absolute Gasteiger partial charge is 0.309 e. The molecule has 18 heavy (non-hydrogen) atoms. The molecule has 0 amide bonds. The van der Waals surface area contributed by atoms with E-state index in [1.54, 1.807) is 7.11 Å². The average Bonchev–Trinajstić information content (AvgIpc) is 2.98. The van der Waals surface area contributed by atoms with Crippen molar-refractivity contribution in [3.63, 3.8) is 0 Å². The van der Waals surface area contributed by atoms with Crippen LogP contribution in [0.2, 0.25) is 0 Å². The molecule has 2 saturated heterocycles. The van der Waals surface area contributed by atoms with Crippen LogP contribution in [0.1, 0.15) is 24.3 Å². The maximum atomic E-state index is 11.4. The Bertz CT molecular complexity index is 471. The van der Waals surface area contributed by atoms with Gasteiger partial charge in [-0.25, -0.2) is 0 Å².